The predicted octanol–water partition coefficient (Wildman–Crippen LogP) is 0.787. The number of halogens is 2. The smallest absolute Gasteiger partial charge is 0.350 e. The van der Waals surface area contributed by atoms with Gasteiger partial charge in [-0.25, -0.2) is 13.1 Å². The topological polar surface area (TPSA) is 66.4 Å². The first kappa shape index (κ1) is 12.4. The summed E-state index contributed by atoms with van der Waals surface area (Å²) >= 11 is 0. The summed E-state index contributed by atoms with van der Waals surface area (Å²) in [7, 11) is -4.70. The summed E-state index contributed by atoms with van der Waals surface area (Å²) < 4.78 is 48.4. The summed E-state index contributed by atoms with van der Waals surface area (Å²) in [5.41, 5.74) is 1.31. The van der Waals surface area contributed by atoms with Crippen molar-refractivity contribution in [3.63, 3.8) is 0 Å². The molecule has 2 atom stereocenters. The van der Waals surface area contributed by atoms with Crippen molar-refractivity contribution in [3.8, 4) is 0 Å². The molecule has 0 aromatic heterocycles. The molecule has 0 heterocycles. The highest BCUT2D eigenvalue weighted by atomic mass is 32.2. The SMILES string of the molecule is O=S(=O)(N[C@H]1c2ccccc2C[C@H]1O)C(F)F. The fourth-order valence-corrected chi connectivity index (χ4v) is 2.69. The zero-order valence-electron chi connectivity index (χ0n) is 8.68. The summed E-state index contributed by atoms with van der Waals surface area (Å²) in [6.45, 7) is 0. The highest BCUT2D eigenvalue weighted by molar-refractivity contribution is 7.89. The lowest BCUT2D eigenvalue weighted by atomic mass is 10.1. The third-order valence-corrected chi connectivity index (χ3v) is 3.78. The van der Waals surface area contributed by atoms with Crippen LogP contribution in [-0.2, 0) is 16.4 Å². The maximum Gasteiger partial charge on any atom is 0.350 e. The molecule has 1 aliphatic carbocycles. The number of sulfonamides is 1. The Hall–Kier alpha value is -1.05. The lowest BCUT2D eigenvalue weighted by molar-refractivity contribution is 0.149. The molecule has 0 saturated heterocycles. The Kier molecular flexibility index (Phi) is 3.15. The Balaban J connectivity index is 2.29. The molecule has 0 aliphatic heterocycles. The van der Waals surface area contributed by atoms with Crippen LogP contribution < -0.4 is 4.72 Å². The summed E-state index contributed by atoms with van der Waals surface area (Å²) in [6, 6.07) is 5.76. The maximum absolute atomic E-state index is 12.2. The van der Waals surface area contributed by atoms with Gasteiger partial charge in [0.25, 0.3) is 10.0 Å². The first-order chi connectivity index (χ1) is 7.92. The summed E-state index contributed by atoms with van der Waals surface area (Å²) in [4.78, 5) is 0. The van der Waals surface area contributed by atoms with Crippen LogP contribution in [0, 0.1) is 0 Å². The van der Waals surface area contributed by atoms with Crippen LogP contribution in [0.15, 0.2) is 24.3 Å². The number of aliphatic hydroxyl groups excluding tert-OH is 1. The van der Waals surface area contributed by atoms with E-state index in [1.807, 2.05) is 4.72 Å². The number of benzene rings is 1. The van der Waals surface area contributed by atoms with Gasteiger partial charge in [0.15, 0.2) is 0 Å². The van der Waals surface area contributed by atoms with Gasteiger partial charge in [-0.3, -0.25) is 0 Å². The largest absolute Gasteiger partial charge is 0.391 e. The van der Waals surface area contributed by atoms with Gasteiger partial charge < -0.3 is 5.11 Å². The molecule has 2 N–H and O–H groups in total. The second kappa shape index (κ2) is 4.32. The fourth-order valence-electron chi connectivity index (χ4n) is 1.94. The van der Waals surface area contributed by atoms with E-state index in [1.54, 1.807) is 24.3 Å². The lowest BCUT2D eigenvalue weighted by Crippen LogP contribution is -2.37. The molecule has 1 aromatic carbocycles. The molecule has 7 heteroatoms. The lowest BCUT2D eigenvalue weighted by Gasteiger charge is -2.17. The van der Waals surface area contributed by atoms with Crippen LogP contribution in [0.3, 0.4) is 0 Å². The molecule has 0 spiro atoms. The van der Waals surface area contributed by atoms with Crippen LogP contribution in [0.2, 0.25) is 0 Å². The predicted molar refractivity (Wildman–Crippen MR) is 57.0 cm³/mol. The molecule has 2 rings (SSSR count). The van der Waals surface area contributed by atoms with Crippen molar-refractivity contribution in [2.45, 2.75) is 24.3 Å². The molecule has 1 aromatic rings. The zero-order chi connectivity index (χ0) is 12.6. The van der Waals surface area contributed by atoms with Crippen LogP contribution >= 0.6 is 0 Å². The van der Waals surface area contributed by atoms with E-state index in [9.17, 15) is 22.3 Å². The Morgan fingerprint density at radius 3 is 2.65 bits per heavy atom. The number of aliphatic hydroxyl groups is 1. The quantitative estimate of drug-likeness (QED) is 0.847. The van der Waals surface area contributed by atoms with Crippen molar-refractivity contribution in [3.05, 3.63) is 35.4 Å². The second-order valence-corrected chi connectivity index (χ2v) is 5.55. The second-order valence-electron chi connectivity index (χ2n) is 3.87. The molecular formula is C10H11F2NO3S. The Bertz CT molecular complexity index is 518. The van der Waals surface area contributed by atoms with Crippen LogP contribution in [0.4, 0.5) is 8.78 Å². The Labute approximate surface area is 97.3 Å². The minimum absolute atomic E-state index is 0.257. The maximum atomic E-state index is 12.2. The highest BCUT2D eigenvalue weighted by Crippen LogP contribution is 2.32. The van der Waals surface area contributed by atoms with E-state index in [1.165, 1.54) is 0 Å². The molecule has 0 fully saturated rings. The van der Waals surface area contributed by atoms with Crippen LogP contribution in [-0.4, -0.2) is 25.4 Å². The average molecular weight is 263 g/mol. The van der Waals surface area contributed by atoms with Gasteiger partial charge in [-0.15, -0.1) is 0 Å². The molecule has 0 saturated carbocycles. The van der Waals surface area contributed by atoms with Crippen molar-refractivity contribution in [1.29, 1.82) is 0 Å². The standard InChI is InChI=1S/C10H11F2NO3S/c11-10(12)17(15,16)13-9-7-4-2-1-3-6(7)5-8(9)14/h1-4,8-10,13-14H,5H2/t8-,9+/m1/s1. The van der Waals surface area contributed by atoms with Gasteiger partial charge in [0.1, 0.15) is 0 Å². The molecule has 17 heavy (non-hydrogen) atoms. The number of nitrogens with one attached hydrogen (secondary N) is 1. The molecule has 0 radical (unpaired) electrons. The minimum atomic E-state index is -4.70. The summed E-state index contributed by atoms with van der Waals surface area (Å²) in [5.74, 6) is -3.50. The van der Waals surface area contributed by atoms with Crippen LogP contribution in [0.25, 0.3) is 0 Å². The van der Waals surface area contributed by atoms with Gasteiger partial charge in [-0.05, 0) is 11.1 Å². The van der Waals surface area contributed by atoms with Crippen molar-refractivity contribution < 1.29 is 22.3 Å². The van der Waals surface area contributed by atoms with Gasteiger partial charge in [-0.2, -0.15) is 8.78 Å². The first-order valence-electron chi connectivity index (χ1n) is 4.97. The molecule has 1 aliphatic rings. The van der Waals surface area contributed by atoms with E-state index < -0.39 is 27.9 Å². The minimum Gasteiger partial charge on any atom is -0.391 e. The van der Waals surface area contributed by atoms with E-state index in [0.29, 0.717) is 5.56 Å². The molecule has 4 nitrogen and oxygen atoms in total. The van der Waals surface area contributed by atoms with Crippen molar-refractivity contribution >= 4 is 10.0 Å². The third-order valence-electron chi connectivity index (χ3n) is 2.73. The monoisotopic (exact) mass is 263 g/mol. The number of hydrogen-bond donors (Lipinski definition) is 2. The normalized spacial score (nSPS) is 24.0. The van der Waals surface area contributed by atoms with Gasteiger partial charge in [0.05, 0.1) is 12.1 Å². The fraction of sp³-hybridized carbons (Fsp3) is 0.400. The van der Waals surface area contributed by atoms with Gasteiger partial charge >= 0.3 is 5.76 Å². The van der Waals surface area contributed by atoms with Crippen LogP contribution in [0.1, 0.15) is 17.2 Å². The van der Waals surface area contributed by atoms with Gasteiger partial charge in [-0.1, -0.05) is 24.3 Å². The Morgan fingerprint density at radius 2 is 2.00 bits per heavy atom. The van der Waals surface area contributed by atoms with E-state index in [4.69, 9.17) is 0 Å². The summed E-state index contributed by atoms with van der Waals surface area (Å²) in [6.07, 6.45) is -0.756. The van der Waals surface area contributed by atoms with Crippen molar-refractivity contribution in [2.75, 3.05) is 0 Å². The van der Waals surface area contributed by atoms with Crippen molar-refractivity contribution in [2.24, 2.45) is 0 Å². The first-order valence-corrected chi connectivity index (χ1v) is 6.51. The molecule has 94 valence electrons. The molecule has 0 unspecified atom stereocenters. The zero-order valence-corrected chi connectivity index (χ0v) is 9.49. The average Bonchev–Trinajstić information content (AvgIpc) is 2.55. The summed E-state index contributed by atoms with van der Waals surface area (Å²) in [5, 5.41) is 9.68. The van der Waals surface area contributed by atoms with E-state index >= 15 is 0 Å². The van der Waals surface area contributed by atoms with Gasteiger partial charge in [0.2, 0.25) is 0 Å². The Morgan fingerprint density at radius 1 is 1.35 bits per heavy atom. The van der Waals surface area contributed by atoms with E-state index in [2.05, 4.69) is 0 Å². The number of hydrogen-bond acceptors (Lipinski definition) is 3. The molecule has 0 bridgehead atoms. The highest BCUT2D eigenvalue weighted by Gasteiger charge is 2.36. The number of alkyl halides is 2. The third kappa shape index (κ3) is 2.31. The number of fused-ring (bicyclic) bond motifs is 1. The molecule has 0 amide bonds. The van der Waals surface area contributed by atoms with E-state index in [0.717, 1.165) is 5.56 Å². The molecular weight excluding hydrogens is 252 g/mol. The van der Waals surface area contributed by atoms with E-state index in [-0.39, 0.29) is 6.42 Å². The van der Waals surface area contributed by atoms with Crippen LogP contribution in [0.5, 0.6) is 0 Å². The van der Waals surface area contributed by atoms with Crippen molar-refractivity contribution in [1.82, 2.24) is 4.72 Å². The number of rotatable bonds is 3. The van der Waals surface area contributed by atoms with Gasteiger partial charge in [0, 0.05) is 6.42 Å².